The fraction of sp³-hybridized carbons (Fsp3) is 0.348. The molecule has 7 nitrogen and oxygen atoms in total. The number of rotatable bonds is 6. The van der Waals surface area contributed by atoms with E-state index in [0.29, 0.717) is 18.7 Å². The van der Waals surface area contributed by atoms with Crippen LogP contribution in [0.15, 0.2) is 42.5 Å². The Morgan fingerprint density at radius 3 is 1.94 bits per heavy atom. The molecule has 0 atom stereocenters. The van der Waals surface area contributed by atoms with E-state index in [2.05, 4.69) is 4.90 Å². The van der Waals surface area contributed by atoms with Gasteiger partial charge in [-0.3, -0.25) is 19.3 Å². The van der Waals surface area contributed by atoms with Crippen LogP contribution in [-0.2, 0) is 16.0 Å². The van der Waals surface area contributed by atoms with Crippen LogP contribution in [0, 0.1) is 0 Å². The smallest absolute Gasteiger partial charge is 0.308 e. The van der Waals surface area contributed by atoms with Gasteiger partial charge in [0.25, 0.3) is 5.91 Å². The van der Waals surface area contributed by atoms with Crippen LogP contribution in [0.5, 0.6) is 11.5 Å². The number of carbonyl (C=O) groups is 3. The van der Waals surface area contributed by atoms with Gasteiger partial charge in [0.15, 0.2) is 0 Å². The summed E-state index contributed by atoms with van der Waals surface area (Å²) >= 11 is 5.93. The first-order valence-electron chi connectivity index (χ1n) is 10.1. The maximum absolute atomic E-state index is 13.0. The Hall–Kier alpha value is -2.90. The Labute approximate surface area is 186 Å². The minimum absolute atomic E-state index is 0.163. The average Bonchev–Trinajstić information content (AvgIpc) is 2.72. The molecule has 1 aliphatic rings. The highest BCUT2D eigenvalue weighted by Gasteiger charge is 2.23. The molecule has 0 saturated carbocycles. The molecule has 0 bridgehead atoms. The van der Waals surface area contributed by atoms with Crippen molar-refractivity contribution in [1.82, 2.24) is 9.80 Å². The van der Waals surface area contributed by atoms with E-state index >= 15 is 0 Å². The number of piperazine rings is 1. The summed E-state index contributed by atoms with van der Waals surface area (Å²) in [6, 6.07) is 12.2. The van der Waals surface area contributed by atoms with Crippen LogP contribution in [0.1, 0.15) is 29.8 Å². The van der Waals surface area contributed by atoms with Crippen molar-refractivity contribution in [3.63, 3.8) is 0 Å². The zero-order valence-electron chi connectivity index (χ0n) is 17.6. The second kappa shape index (κ2) is 10.4. The second-order valence-corrected chi connectivity index (χ2v) is 7.83. The molecule has 1 fully saturated rings. The first-order valence-corrected chi connectivity index (χ1v) is 10.5. The lowest BCUT2D eigenvalue weighted by molar-refractivity contribution is -0.132. The van der Waals surface area contributed by atoms with Gasteiger partial charge in [-0.2, -0.15) is 0 Å². The van der Waals surface area contributed by atoms with Crippen LogP contribution in [0.3, 0.4) is 0 Å². The summed E-state index contributed by atoms with van der Waals surface area (Å²) in [4.78, 5) is 39.7. The van der Waals surface area contributed by atoms with Crippen molar-refractivity contribution < 1.29 is 23.9 Å². The fourth-order valence-electron chi connectivity index (χ4n) is 3.44. The normalized spacial score (nSPS) is 14.2. The molecule has 0 radical (unpaired) electrons. The molecule has 8 heteroatoms. The molecule has 0 aliphatic carbocycles. The maximum Gasteiger partial charge on any atom is 0.308 e. The Morgan fingerprint density at radius 1 is 0.871 bits per heavy atom. The molecular formula is C23H25ClN2O5. The lowest BCUT2D eigenvalue weighted by Crippen LogP contribution is -2.49. The van der Waals surface area contributed by atoms with Gasteiger partial charge in [-0.05, 0) is 36.2 Å². The Bertz CT molecular complexity index is 919. The molecule has 2 aromatic carbocycles. The van der Waals surface area contributed by atoms with Crippen molar-refractivity contribution in [2.45, 2.75) is 20.3 Å². The van der Waals surface area contributed by atoms with Gasteiger partial charge < -0.3 is 14.4 Å². The Kier molecular flexibility index (Phi) is 7.65. The highest BCUT2D eigenvalue weighted by Crippen LogP contribution is 2.25. The number of nitrogens with zero attached hydrogens (tertiary/aromatic N) is 2. The Morgan fingerprint density at radius 2 is 1.42 bits per heavy atom. The summed E-state index contributed by atoms with van der Waals surface area (Å²) in [7, 11) is 0. The van der Waals surface area contributed by atoms with Crippen molar-refractivity contribution in [2.75, 3.05) is 32.7 Å². The van der Waals surface area contributed by atoms with Crippen molar-refractivity contribution in [3.8, 4) is 11.5 Å². The van der Waals surface area contributed by atoms with Crippen LogP contribution in [0.2, 0.25) is 5.02 Å². The van der Waals surface area contributed by atoms with Gasteiger partial charge in [-0.15, -0.1) is 0 Å². The number of carbonyl (C=O) groups excluding carboxylic acids is 3. The third-order valence-electron chi connectivity index (χ3n) is 4.94. The SMILES string of the molecule is CC(=O)Oc1cc(OC(C)=O)cc(C(=O)N2CCN(CCc3ccc(Cl)cc3)CC2)c1. The van der Waals surface area contributed by atoms with Gasteiger partial charge >= 0.3 is 11.9 Å². The molecule has 0 spiro atoms. The minimum atomic E-state index is -0.521. The zero-order valence-corrected chi connectivity index (χ0v) is 18.4. The largest absolute Gasteiger partial charge is 0.427 e. The van der Waals surface area contributed by atoms with E-state index in [9.17, 15) is 14.4 Å². The third-order valence-corrected chi connectivity index (χ3v) is 5.19. The summed E-state index contributed by atoms with van der Waals surface area (Å²) in [6.45, 7) is 6.13. The predicted molar refractivity (Wildman–Crippen MR) is 117 cm³/mol. The van der Waals surface area contributed by atoms with Crippen molar-refractivity contribution in [3.05, 3.63) is 58.6 Å². The van der Waals surface area contributed by atoms with E-state index in [-0.39, 0.29) is 17.4 Å². The number of benzene rings is 2. The first-order chi connectivity index (χ1) is 14.8. The molecule has 2 aromatic rings. The molecule has 1 aliphatic heterocycles. The number of esters is 2. The molecule has 1 amide bonds. The molecule has 31 heavy (non-hydrogen) atoms. The summed E-state index contributed by atoms with van der Waals surface area (Å²) < 4.78 is 10.2. The Balaban J connectivity index is 1.60. The van der Waals surface area contributed by atoms with Gasteiger partial charge in [-0.1, -0.05) is 23.7 Å². The molecular weight excluding hydrogens is 420 g/mol. The molecule has 164 valence electrons. The van der Waals surface area contributed by atoms with Crippen molar-refractivity contribution in [2.24, 2.45) is 0 Å². The van der Waals surface area contributed by atoms with Crippen LogP contribution < -0.4 is 9.47 Å². The zero-order chi connectivity index (χ0) is 22.4. The minimum Gasteiger partial charge on any atom is -0.427 e. The predicted octanol–water partition coefficient (Wildman–Crippen LogP) is 3.19. The lowest BCUT2D eigenvalue weighted by Gasteiger charge is -2.34. The highest BCUT2D eigenvalue weighted by molar-refractivity contribution is 6.30. The third kappa shape index (κ3) is 6.80. The summed E-state index contributed by atoms with van der Waals surface area (Å²) in [5.41, 5.74) is 1.54. The highest BCUT2D eigenvalue weighted by atomic mass is 35.5. The average molecular weight is 445 g/mol. The molecule has 1 saturated heterocycles. The van der Waals surface area contributed by atoms with Crippen LogP contribution in [0.4, 0.5) is 0 Å². The number of halogens is 1. The van der Waals surface area contributed by atoms with E-state index in [1.54, 1.807) is 4.90 Å². The van der Waals surface area contributed by atoms with E-state index in [4.69, 9.17) is 21.1 Å². The quantitative estimate of drug-likeness (QED) is 0.503. The number of amides is 1. The van der Waals surface area contributed by atoms with Gasteiger partial charge in [0.05, 0.1) is 0 Å². The molecule has 0 unspecified atom stereocenters. The second-order valence-electron chi connectivity index (χ2n) is 7.39. The number of hydrogen-bond acceptors (Lipinski definition) is 6. The van der Waals surface area contributed by atoms with E-state index in [0.717, 1.165) is 31.1 Å². The molecule has 0 N–H and O–H groups in total. The van der Waals surface area contributed by atoms with Crippen LogP contribution in [-0.4, -0.2) is 60.4 Å². The lowest BCUT2D eigenvalue weighted by atomic mass is 10.1. The topological polar surface area (TPSA) is 76.1 Å². The van der Waals surface area contributed by atoms with Gasteiger partial charge in [0.2, 0.25) is 0 Å². The van der Waals surface area contributed by atoms with E-state index in [1.165, 1.54) is 37.6 Å². The number of hydrogen-bond donors (Lipinski definition) is 0. The van der Waals surface area contributed by atoms with Gasteiger partial charge in [-0.25, -0.2) is 0 Å². The molecule has 3 rings (SSSR count). The monoisotopic (exact) mass is 444 g/mol. The summed E-state index contributed by atoms with van der Waals surface area (Å²) in [5.74, 6) is -0.910. The van der Waals surface area contributed by atoms with Gasteiger partial charge in [0.1, 0.15) is 11.5 Å². The maximum atomic E-state index is 13.0. The fourth-order valence-corrected chi connectivity index (χ4v) is 3.57. The van der Waals surface area contributed by atoms with Crippen LogP contribution in [0.25, 0.3) is 0 Å². The standard InChI is InChI=1S/C23H25ClN2O5/c1-16(27)30-21-13-19(14-22(15-21)31-17(2)28)23(29)26-11-9-25(10-12-26)8-7-18-3-5-20(24)6-4-18/h3-6,13-15H,7-12H2,1-2H3. The van der Waals surface area contributed by atoms with Crippen LogP contribution >= 0.6 is 11.6 Å². The number of ether oxygens (including phenoxy) is 2. The summed E-state index contributed by atoms with van der Waals surface area (Å²) in [6.07, 6.45) is 0.918. The van der Waals surface area contributed by atoms with E-state index in [1.807, 2.05) is 24.3 Å². The first kappa shape index (κ1) is 22.8. The van der Waals surface area contributed by atoms with Crippen molar-refractivity contribution >= 4 is 29.4 Å². The van der Waals surface area contributed by atoms with E-state index < -0.39 is 11.9 Å². The van der Waals surface area contributed by atoms with Crippen molar-refractivity contribution in [1.29, 1.82) is 0 Å². The summed E-state index contributed by atoms with van der Waals surface area (Å²) in [5, 5.41) is 0.727. The molecule has 0 aromatic heterocycles. The van der Waals surface area contributed by atoms with Gasteiger partial charge in [0, 0.05) is 63.2 Å². The molecule has 1 heterocycles.